The van der Waals surface area contributed by atoms with Gasteiger partial charge in [0.05, 0.1) is 4.91 Å². The van der Waals surface area contributed by atoms with Gasteiger partial charge in [-0.05, 0) is 48.4 Å². The lowest BCUT2D eigenvalue weighted by Gasteiger charge is -2.14. The molecule has 1 aliphatic rings. The third-order valence-electron chi connectivity index (χ3n) is 3.94. The number of thioether (sulfide) groups is 1. The van der Waals surface area contributed by atoms with Crippen LogP contribution < -0.4 is 5.32 Å². The second-order valence-corrected chi connectivity index (χ2v) is 9.07. The Morgan fingerprint density at radius 1 is 1.25 bits per heavy atom. The van der Waals surface area contributed by atoms with Crippen LogP contribution in [0.25, 0.3) is 6.08 Å². The van der Waals surface area contributed by atoms with Gasteiger partial charge in [0.2, 0.25) is 5.91 Å². The van der Waals surface area contributed by atoms with E-state index < -0.39 is 0 Å². The van der Waals surface area contributed by atoms with Gasteiger partial charge in [-0.25, -0.2) is 0 Å². The molecule has 0 radical (unpaired) electrons. The van der Waals surface area contributed by atoms with Crippen molar-refractivity contribution >= 4 is 79.4 Å². The van der Waals surface area contributed by atoms with Crippen LogP contribution in [-0.4, -0.2) is 27.6 Å². The van der Waals surface area contributed by atoms with Crippen LogP contribution in [-0.2, 0) is 9.59 Å². The summed E-state index contributed by atoms with van der Waals surface area (Å²) in [5, 5.41) is 3.36. The first-order valence-electron chi connectivity index (χ1n) is 8.49. The van der Waals surface area contributed by atoms with Crippen LogP contribution in [0.2, 0.25) is 5.02 Å². The second-order valence-electron chi connectivity index (χ2n) is 6.05. The molecule has 8 heteroatoms. The number of benzene rings is 2. The molecule has 0 aromatic heterocycles. The van der Waals surface area contributed by atoms with Crippen molar-refractivity contribution in [2.24, 2.45) is 0 Å². The summed E-state index contributed by atoms with van der Waals surface area (Å²) in [6.45, 7) is 0.408. The zero-order valence-electron chi connectivity index (χ0n) is 14.7. The molecule has 0 saturated carbocycles. The first kappa shape index (κ1) is 21.0. The van der Waals surface area contributed by atoms with Crippen LogP contribution in [0.1, 0.15) is 18.4 Å². The Morgan fingerprint density at radius 3 is 2.71 bits per heavy atom. The molecule has 0 aliphatic carbocycles. The van der Waals surface area contributed by atoms with Crippen LogP contribution in [0.4, 0.5) is 5.69 Å². The van der Waals surface area contributed by atoms with Crippen LogP contribution in [0.3, 0.4) is 0 Å². The molecule has 28 heavy (non-hydrogen) atoms. The highest BCUT2D eigenvalue weighted by atomic mass is 79.9. The number of halogens is 2. The molecule has 0 atom stereocenters. The van der Waals surface area contributed by atoms with E-state index in [0.717, 1.165) is 10.0 Å². The normalized spacial score (nSPS) is 15.4. The number of amides is 2. The van der Waals surface area contributed by atoms with E-state index in [0.29, 0.717) is 32.9 Å². The minimum atomic E-state index is -0.127. The molecule has 2 amide bonds. The Hall–Kier alpha value is -1.67. The maximum atomic E-state index is 12.6. The fourth-order valence-electron chi connectivity index (χ4n) is 2.59. The molecule has 2 aromatic carbocycles. The molecular weight excluding hydrogens is 480 g/mol. The van der Waals surface area contributed by atoms with Gasteiger partial charge in [0.1, 0.15) is 4.32 Å². The van der Waals surface area contributed by atoms with Gasteiger partial charge < -0.3 is 5.32 Å². The highest BCUT2D eigenvalue weighted by Crippen LogP contribution is 2.32. The largest absolute Gasteiger partial charge is 0.326 e. The summed E-state index contributed by atoms with van der Waals surface area (Å²) in [5.41, 5.74) is 1.59. The first-order chi connectivity index (χ1) is 13.4. The van der Waals surface area contributed by atoms with E-state index in [4.69, 9.17) is 23.8 Å². The molecule has 1 fully saturated rings. The van der Waals surface area contributed by atoms with Crippen molar-refractivity contribution < 1.29 is 9.59 Å². The van der Waals surface area contributed by atoms with Gasteiger partial charge in [0, 0.05) is 28.1 Å². The third-order valence-corrected chi connectivity index (χ3v) is 6.08. The van der Waals surface area contributed by atoms with Crippen molar-refractivity contribution in [3.05, 3.63) is 68.5 Å². The smallest absolute Gasteiger partial charge is 0.266 e. The average Bonchev–Trinajstić information content (AvgIpc) is 2.91. The van der Waals surface area contributed by atoms with Crippen LogP contribution in [0, 0.1) is 0 Å². The number of hydrogen-bond donors (Lipinski definition) is 1. The molecule has 0 spiro atoms. The predicted molar refractivity (Wildman–Crippen MR) is 123 cm³/mol. The van der Waals surface area contributed by atoms with Gasteiger partial charge >= 0.3 is 0 Å². The van der Waals surface area contributed by atoms with Crippen molar-refractivity contribution in [2.75, 3.05) is 11.9 Å². The summed E-state index contributed by atoms with van der Waals surface area (Å²) in [5.74, 6) is -0.244. The van der Waals surface area contributed by atoms with E-state index >= 15 is 0 Å². The Morgan fingerprint density at radius 2 is 2.00 bits per heavy atom. The molecule has 1 aliphatic heterocycles. The highest BCUT2D eigenvalue weighted by molar-refractivity contribution is 9.10. The zero-order chi connectivity index (χ0) is 20.1. The first-order valence-corrected chi connectivity index (χ1v) is 10.9. The zero-order valence-corrected chi connectivity index (χ0v) is 18.6. The molecule has 1 heterocycles. The standard InChI is InChI=1S/C20H16BrClN2O2S2/c21-14-8-6-13(7-9-14)11-17-19(26)24(20(27)28-17)10-2-5-18(25)23-16-4-1-3-15(22)12-16/h1,3-4,6-9,11-12H,2,5,10H2,(H,23,25)/b17-11-. The lowest BCUT2D eigenvalue weighted by molar-refractivity contribution is -0.122. The summed E-state index contributed by atoms with van der Waals surface area (Å²) in [6.07, 6.45) is 2.64. The lowest BCUT2D eigenvalue weighted by Crippen LogP contribution is -2.29. The number of thiocarbonyl (C=S) groups is 1. The van der Waals surface area contributed by atoms with Gasteiger partial charge in [0.15, 0.2) is 0 Å². The minimum absolute atomic E-state index is 0.117. The van der Waals surface area contributed by atoms with Crippen LogP contribution in [0.15, 0.2) is 57.9 Å². The van der Waals surface area contributed by atoms with E-state index in [-0.39, 0.29) is 18.2 Å². The fraction of sp³-hybridized carbons (Fsp3) is 0.150. The molecule has 0 unspecified atom stereocenters. The lowest BCUT2D eigenvalue weighted by atomic mass is 10.2. The van der Waals surface area contributed by atoms with Crippen molar-refractivity contribution in [2.45, 2.75) is 12.8 Å². The van der Waals surface area contributed by atoms with Crippen molar-refractivity contribution in [1.29, 1.82) is 0 Å². The SMILES string of the molecule is O=C(CCCN1C(=O)/C(=C/c2ccc(Br)cc2)SC1=S)Nc1cccc(Cl)c1. The van der Waals surface area contributed by atoms with Crippen molar-refractivity contribution in [3.8, 4) is 0 Å². The fourth-order valence-corrected chi connectivity index (χ4v) is 4.35. The van der Waals surface area contributed by atoms with Gasteiger partial charge in [-0.1, -0.05) is 69.7 Å². The number of carbonyl (C=O) groups is 2. The summed E-state index contributed by atoms with van der Waals surface area (Å²) < 4.78 is 1.50. The molecule has 3 rings (SSSR count). The number of hydrogen-bond acceptors (Lipinski definition) is 4. The van der Waals surface area contributed by atoms with Gasteiger partial charge in [0.25, 0.3) is 5.91 Å². The Kier molecular flexibility index (Phi) is 7.29. The quantitative estimate of drug-likeness (QED) is 0.411. The summed E-state index contributed by atoms with van der Waals surface area (Å²) in [4.78, 5) is 26.8. The van der Waals surface area contributed by atoms with E-state index in [1.54, 1.807) is 29.2 Å². The van der Waals surface area contributed by atoms with Gasteiger partial charge in [-0.3, -0.25) is 14.5 Å². The topological polar surface area (TPSA) is 49.4 Å². The number of carbonyl (C=O) groups excluding carboxylic acids is 2. The predicted octanol–water partition coefficient (Wildman–Crippen LogP) is 5.72. The van der Waals surface area contributed by atoms with E-state index in [1.807, 2.05) is 30.3 Å². The summed E-state index contributed by atoms with van der Waals surface area (Å²) in [6, 6.07) is 14.7. The summed E-state index contributed by atoms with van der Waals surface area (Å²) >= 11 is 15.9. The number of rotatable bonds is 6. The minimum Gasteiger partial charge on any atom is -0.326 e. The number of nitrogens with one attached hydrogen (secondary N) is 1. The van der Waals surface area contributed by atoms with Gasteiger partial charge in [-0.2, -0.15) is 0 Å². The Balaban J connectivity index is 1.53. The molecule has 0 bridgehead atoms. The number of nitrogens with zero attached hydrogens (tertiary/aromatic N) is 1. The van der Waals surface area contributed by atoms with Gasteiger partial charge in [-0.15, -0.1) is 0 Å². The second kappa shape index (κ2) is 9.69. The molecule has 1 N–H and O–H groups in total. The monoisotopic (exact) mass is 494 g/mol. The maximum Gasteiger partial charge on any atom is 0.266 e. The Labute approximate surface area is 186 Å². The summed E-state index contributed by atoms with van der Waals surface area (Å²) in [7, 11) is 0. The van der Waals surface area contributed by atoms with Crippen molar-refractivity contribution in [3.63, 3.8) is 0 Å². The molecular formula is C20H16BrClN2O2S2. The van der Waals surface area contributed by atoms with E-state index in [9.17, 15) is 9.59 Å². The molecule has 144 valence electrons. The Bertz CT molecular complexity index is 947. The van der Waals surface area contributed by atoms with Crippen LogP contribution in [0.5, 0.6) is 0 Å². The van der Waals surface area contributed by atoms with E-state index in [1.165, 1.54) is 11.8 Å². The van der Waals surface area contributed by atoms with E-state index in [2.05, 4.69) is 21.2 Å². The molecule has 1 saturated heterocycles. The van der Waals surface area contributed by atoms with Crippen LogP contribution >= 0.6 is 51.5 Å². The molecule has 2 aromatic rings. The number of anilines is 1. The maximum absolute atomic E-state index is 12.6. The average molecular weight is 496 g/mol. The van der Waals surface area contributed by atoms with Crippen molar-refractivity contribution in [1.82, 2.24) is 4.90 Å². The molecule has 4 nitrogen and oxygen atoms in total. The third kappa shape index (κ3) is 5.67. The highest BCUT2D eigenvalue weighted by Gasteiger charge is 2.31.